The normalized spacial score (nSPS) is 21.2. The molecule has 1 aliphatic carbocycles. The highest BCUT2D eigenvalue weighted by atomic mass is 32.1. The molecule has 0 N–H and O–H groups in total. The number of fused-ring (bicyclic) bond motifs is 3. The highest BCUT2D eigenvalue weighted by Crippen LogP contribution is 2.41. The summed E-state index contributed by atoms with van der Waals surface area (Å²) in [6.07, 6.45) is 3.57. The van der Waals surface area contributed by atoms with E-state index in [0.717, 1.165) is 55.0 Å². The number of nitrogens with zero attached hydrogens (tertiary/aromatic N) is 4. The van der Waals surface area contributed by atoms with E-state index in [9.17, 15) is 4.79 Å². The molecule has 3 heterocycles. The van der Waals surface area contributed by atoms with Gasteiger partial charge in [0.25, 0.3) is 0 Å². The van der Waals surface area contributed by atoms with Crippen molar-refractivity contribution in [2.24, 2.45) is 5.92 Å². The lowest BCUT2D eigenvalue weighted by Crippen LogP contribution is -2.48. The van der Waals surface area contributed by atoms with Gasteiger partial charge in [-0.15, -0.1) is 11.3 Å². The number of aromatic nitrogens is 2. The van der Waals surface area contributed by atoms with Crippen LogP contribution in [0.3, 0.4) is 0 Å². The molecule has 4 rings (SSSR count). The molecule has 2 aromatic rings. The van der Waals surface area contributed by atoms with Crippen LogP contribution in [-0.2, 0) is 17.6 Å². The van der Waals surface area contributed by atoms with Gasteiger partial charge in [0.05, 0.1) is 5.39 Å². The van der Waals surface area contributed by atoms with Crippen LogP contribution in [0.25, 0.3) is 10.2 Å². The van der Waals surface area contributed by atoms with Gasteiger partial charge in [0, 0.05) is 38.0 Å². The Bertz CT molecular complexity index is 792. The predicted octanol–water partition coefficient (Wildman–Crippen LogP) is 2.79. The maximum Gasteiger partial charge on any atom is 0.219 e. The molecule has 1 aliphatic heterocycles. The van der Waals surface area contributed by atoms with Crippen LogP contribution in [0.5, 0.6) is 0 Å². The highest BCUT2D eigenvalue weighted by molar-refractivity contribution is 7.19. The SMILES string of the molecule is CC(=O)N1CCN(c2nc(C)nc3sc4c(c23)CC[C@H](C)C4)CC1. The largest absolute Gasteiger partial charge is 0.352 e. The van der Waals surface area contributed by atoms with Crippen LogP contribution in [0.15, 0.2) is 0 Å². The Morgan fingerprint density at radius 2 is 1.96 bits per heavy atom. The van der Waals surface area contributed by atoms with Gasteiger partial charge in [0.15, 0.2) is 0 Å². The van der Waals surface area contributed by atoms with Crippen molar-refractivity contribution in [1.82, 2.24) is 14.9 Å². The number of carbonyl (C=O) groups excluding carboxylic acids is 1. The molecule has 24 heavy (non-hydrogen) atoms. The molecule has 1 atom stereocenters. The first-order chi connectivity index (χ1) is 11.5. The molecule has 0 bridgehead atoms. The highest BCUT2D eigenvalue weighted by Gasteiger charge is 2.27. The van der Waals surface area contributed by atoms with Crippen molar-refractivity contribution in [3.63, 3.8) is 0 Å². The minimum absolute atomic E-state index is 0.167. The summed E-state index contributed by atoms with van der Waals surface area (Å²) in [5.41, 5.74) is 1.48. The zero-order chi connectivity index (χ0) is 16.8. The molecule has 0 radical (unpaired) electrons. The molecule has 0 aromatic carbocycles. The summed E-state index contributed by atoms with van der Waals surface area (Å²) in [5.74, 6) is 2.87. The van der Waals surface area contributed by atoms with Crippen LogP contribution in [0.4, 0.5) is 5.82 Å². The maximum absolute atomic E-state index is 11.6. The molecule has 5 nitrogen and oxygen atoms in total. The second kappa shape index (κ2) is 5.99. The van der Waals surface area contributed by atoms with Gasteiger partial charge in [0.1, 0.15) is 16.5 Å². The summed E-state index contributed by atoms with van der Waals surface area (Å²) < 4.78 is 0. The maximum atomic E-state index is 11.6. The predicted molar refractivity (Wildman–Crippen MR) is 97.8 cm³/mol. The van der Waals surface area contributed by atoms with Crippen molar-refractivity contribution in [3.8, 4) is 0 Å². The fraction of sp³-hybridized carbons (Fsp3) is 0.611. The van der Waals surface area contributed by atoms with E-state index in [1.54, 1.807) is 6.92 Å². The molecule has 0 unspecified atom stereocenters. The molecule has 6 heteroatoms. The van der Waals surface area contributed by atoms with Crippen LogP contribution in [0, 0.1) is 12.8 Å². The van der Waals surface area contributed by atoms with E-state index in [1.165, 1.54) is 28.7 Å². The molecular weight excluding hydrogens is 320 g/mol. The second-order valence-electron chi connectivity index (χ2n) is 7.12. The average Bonchev–Trinajstić information content (AvgIpc) is 2.91. The summed E-state index contributed by atoms with van der Waals surface area (Å²) in [5, 5.41) is 1.28. The van der Waals surface area contributed by atoms with Crippen LogP contribution in [0.2, 0.25) is 0 Å². The molecule has 2 aliphatic rings. The summed E-state index contributed by atoms with van der Waals surface area (Å²) in [7, 11) is 0. The van der Waals surface area contributed by atoms with Crippen molar-refractivity contribution >= 4 is 33.3 Å². The molecule has 1 saturated heterocycles. The van der Waals surface area contributed by atoms with E-state index >= 15 is 0 Å². The number of amides is 1. The van der Waals surface area contributed by atoms with E-state index in [2.05, 4.69) is 11.8 Å². The van der Waals surface area contributed by atoms with Crippen LogP contribution >= 0.6 is 11.3 Å². The Morgan fingerprint density at radius 1 is 1.21 bits per heavy atom. The van der Waals surface area contributed by atoms with E-state index in [-0.39, 0.29) is 5.91 Å². The third-order valence-electron chi connectivity index (χ3n) is 5.27. The van der Waals surface area contributed by atoms with Gasteiger partial charge in [-0.2, -0.15) is 0 Å². The van der Waals surface area contributed by atoms with Crippen molar-refractivity contribution in [2.75, 3.05) is 31.1 Å². The minimum Gasteiger partial charge on any atom is -0.352 e. The zero-order valence-corrected chi connectivity index (χ0v) is 15.4. The van der Waals surface area contributed by atoms with Crippen LogP contribution < -0.4 is 4.90 Å². The average molecular weight is 344 g/mol. The Kier molecular flexibility index (Phi) is 3.95. The van der Waals surface area contributed by atoms with Gasteiger partial charge < -0.3 is 9.80 Å². The van der Waals surface area contributed by atoms with Crippen molar-refractivity contribution in [1.29, 1.82) is 0 Å². The lowest BCUT2D eigenvalue weighted by Gasteiger charge is -2.35. The number of aryl methyl sites for hydroxylation is 2. The van der Waals surface area contributed by atoms with E-state index < -0.39 is 0 Å². The Morgan fingerprint density at radius 3 is 2.67 bits per heavy atom. The van der Waals surface area contributed by atoms with Crippen LogP contribution in [0.1, 0.15) is 36.5 Å². The Hall–Kier alpha value is -1.69. The van der Waals surface area contributed by atoms with Crippen molar-refractivity contribution < 1.29 is 4.79 Å². The summed E-state index contributed by atoms with van der Waals surface area (Å²) >= 11 is 1.86. The third kappa shape index (κ3) is 2.66. The van der Waals surface area contributed by atoms with Crippen molar-refractivity contribution in [2.45, 2.75) is 40.0 Å². The minimum atomic E-state index is 0.167. The quantitative estimate of drug-likeness (QED) is 0.798. The number of anilines is 1. The molecule has 0 spiro atoms. The zero-order valence-electron chi connectivity index (χ0n) is 14.6. The Labute approximate surface area is 146 Å². The smallest absolute Gasteiger partial charge is 0.219 e. The van der Waals surface area contributed by atoms with Crippen molar-refractivity contribution in [3.05, 3.63) is 16.3 Å². The van der Waals surface area contributed by atoms with Gasteiger partial charge in [-0.25, -0.2) is 9.97 Å². The lowest BCUT2D eigenvalue weighted by atomic mass is 9.89. The first kappa shape index (κ1) is 15.8. The first-order valence-corrected chi connectivity index (χ1v) is 9.64. The van der Waals surface area contributed by atoms with Gasteiger partial charge in [-0.05, 0) is 37.7 Å². The summed E-state index contributed by atoms with van der Waals surface area (Å²) in [6, 6.07) is 0. The van der Waals surface area contributed by atoms with Gasteiger partial charge in [0.2, 0.25) is 5.91 Å². The number of piperazine rings is 1. The molecule has 128 valence electrons. The number of hydrogen-bond acceptors (Lipinski definition) is 5. The van der Waals surface area contributed by atoms with E-state index in [1.807, 2.05) is 23.2 Å². The molecular formula is C18H24N4OS. The van der Waals surface area contributed by atoms with Gasteiger partial charge >= 0.3 is 0 Å². The van der Waals surface area contributed by atoms with E-state index in [0.29, 0.717) is 0 Å². The molecule has 2 aromatic heterocycles. The first-order valence-electron chi connectivity index (χ1n) is 8.82. The van der Waals surface area contributed by atoms with Crippen LogP contribution in [-0.4, -0.2) is 47.0 Å². The fourth-order valence-electron chi connectivity index (χ4n) is 3.89. The number of rotatable bonds is 1. The number of thiophene rings is 1. The summed E-state index contributed by atoms with van der Waals surface area (Å²) in [6.45, 7) is 9.24. The molecule has 1 amide bonds. The molecule has 0 saturated carbocycles. The van der Waals surface area contributed by atoms with Gasteiger partial charge in [-0.1, -0.05) is 6.92 Å². The topological polar surface area (TPSA) is 49.3 Å². The van der Waals surface area contributed by atoms with E-state index in [4.69, 9.17) is 9.97 Å². The van der Waals surface area contributed by atoms with Gasteiger partial charge in [-0.3, -0.25) is 4.79 Å². The summed E-state index contributed by atoms with van der Waals surface area (Å²) in [4.78, 5) is 28.0. The monoisotopic (exact) mass is 344 g/mol. The lowest BCUT2D eigenvalue weighted by molar-refractivity contribution is -0.129. The molecule has 1 fully saturated rings. The fourth-order valence-corrected chi connectivity index (χ4v) is 5.31. The second-order valence-corrected chi connectivity index (χ2v) is 8.20. The standard InChI is InChI=1S/C18H24N4OS/c1-11-4-5-14-15(10-11)24-18-16(14)17(19-12(2)20-18)22-8-6-21(7-9-22)13(3)23/h11H,4-10H2,1-3H3/t11-/m0/s1. The third-order valence-corrected chi connectivity index (χ3v) is 6.42. The number of carbonyl (C=O) groups is 1. The number of hydrogen-bond donors (Lipinski definition) is 0. The Balaban J connectivity index is 1.74.